The molecule has 3 aromatic rings. The monoisotopic (exact) mass is 589 g/mol. The van der Waals surface area contributed by atoms with Gasteiger partial charge in [0.1, 0.15) is 24.2 Å². The van der Waals surface area contributed by atoms with Crippen LogP contribution in [0.2, 0.25) is 5.02 Å². The Morgan fingerprint density at radius 1 is 1.00 bits per heavy atom. The van der Waals surface area contributed by atoms with Gasteiger partial charge in [-0.3, -0.25) is 13.9 Å². The Morgan fingerprint density at radius 2 is 1.62 bits per heavy atom. The Kier molecular flexibility index (Phi) is 10.5. The number of rotatable bonds is 12. The molecule has 0 bridgehead atoms. The lowest BCUT2D eigenvalue weighted by Gasteiger charge is -2.33. The molecule has 0 saturated heterocycles. The molecule has 0 aliphatic heterocycles. The average Bonchev–Trinajstić information content (AvgIpc) is 2.92. The van der Waals surface area contributed by atoms with Gasteiger partial charge in [0, 0.05) is 17.6 Å². The number of nitrogens with zero attached hydrogens (tertiary/aromatic N) is 2. The summed E-state index contributed by atoms with van der Waals surface area (Å²) in [7, 11) is -2.83. The fraction of sp³-hybridized carbons (Fsp3) is 0.310. The number of benzene rings is 3. The first-order valence-corrected chi connectivity index (χ1v) is 14.5. The molecule has 0 radical (unpaired) electrons. The maximum Gasteiger partial charge on any atom is 0.264 e. The fourth-order valence-electron chi connectivity index (χ4n) is 4.12. The van der Waals surface area contributed by atoms with Gasteiger partial charge in [-0.15, -0.1) is 0 Å². The summed E-state index contributed by atoms with van der Waals surface area (Å²) >= 11 is 6.39. The number of ether oxygens (including phenoxy) is 1. The lowest BCUT2D eigenvalue weighted by molar-refractivity contribution is -0.140. The first-order valence-electron chi connectivity index (χ1n) is 12.7. The van der Waals surface area contributed by atoms with Crippen LogP contribution in [0.5, 0.6) is 5.75 Å². The Labute approximate surface area is 239 Å². The van der Waals surface area contributed by atoms with Crippen molar-refractivity contribution in [2.45, 2.75) is 50.7 Å². The van der Waals surface area contributed by atoms with E-state index in [0.717, 1.165) is 16.4 Å². The number of hydrogen-bond acceptors (Lipinski definition) is 5. The third-order valence-corrected chi connectivity index (χ3v) is 8.31. The highest BCUT2D eigenvalue weighted by molar-refractivity contribution is 7.92. The van der Waals surface area contributed by atoms with E-state index in [0.29, 0.717) is 16.3 Å². The van der Waals surface area contributed by atoms with Crippen molar-refractivity contribution in [3.8, 4) is 5.75 Å². The van der Waals surface area contributed by atoms with Gasteiger partial charge in [0.2, 0.25) is 11.8 Å². The molecule has 1 N–H and O–H groups in total. The van der Waals surface area contributed by atoms with Crippen LogP contribution in [-0.2, 0) is 26.2 Å². The Balaban J connectivity index is 2.07. The van der Waals surface area contributed by atoms with Crippen LogP contribution in [0.1, 0.15) is 32.8 Å². The van der Waals surface area contributed by atoms with Gasteiger partial charge in [-0.05, 0) is 80.4 Å². The highest BCUT2D eigenvalue weighted by Crippen LogP contribution is 2.27. The van der Waals surface area contributed by atoms with Crippen molar-refractivity contribution in [1.29, 1.82) is 0 Å². The number of nitrogens with one attached hydrogen (secondary N) is 1. The van der Waals surface area contributed by atoms with E-state index in [9.17, 15) is 22.4 Å². The molecule has 3 aromatic carbocycles. The average molecular weight is 590 g/mol. The van der Waals surface area contributed by atoms with E-state index >= 15 is 0 Å². The summed E-state index contributed by atoms with van der Waals surface area (Å²) < 4.78 is 47.4. The van der Waals surface area contributed by atoms with Crippen LogP contribution in [-0.4, -0.2) is 50.9 Å². The van der Waals surface area contributed by atoms with Crippen molar-refractivity contribution in [2.24, 2.45) is 0 Å². The highest BCUT2D eigenvalue weighted by atomic mass is 35.5. The summed E-state index contributed by atoms with van der Waals surface area (Å²) in [4.78, 5) is 28.4. The number of amides is 2. The highest BCUT2D eigenvalue weighted by Gasteiger charge is 2.34. The van der Waals surface area contributed by atoms with Crippen molar-refractivity contribution in [2.75, 3.05) is 18.0 Å². The third kappa shape index (κ3) is 7.51. The summed E-state index contributed by atoms with van der Waals surface area (Å²) in [5.74, 6) is -1.11. The van der Waals surface area contributed by atoms with Crippen molar-refractivity contribution in [3.05, 3.63) is 89.2 Å². The predicted molar refractivity (Wildman–Crippen MR) is 153 cm³/mol. The molecule has 1 atom stereocenters. The maximum absolute atomic E-state index is 14.0. The molecule has 11 heteroatoms. The number of carbonyl (C=O) groups is 2. The molecule has 0 spiro atoms. The standard InChI is InChI=1S/C29H33ClFN3O5S/c1-5-27(29(36)32-20(2)3)33(18-21-8-6-7-9-26(21)30)28(35)19-34(23-12-10-22(31)11-13-23)40(37,38)25-16-14-24(39-4)15-17-25/h6-17,20,27H,5,18-19H2,1-4H3,(H,32,36). The Hall–Kier alpha value is -3.63. The number of anilines is 1. The van der Waals surface area contributed by atoms with E-state index in [1.807, 2.05) is 13.8 Å². The summed E-state index contributed by atoms with van der Waals surface area (Å²) in [6.07, 6.45) is 0.274. The molecule has 0 saturated carbocycles. The first-order chi connectivity index (χ1) is 19.0. The third-order valence-electron chi connectivity index (χ3n) is 6.16. The molecule has 40 heavy (non-hydrogen) atoms. The Morgan fingerprint density at radius 3 is 2.17 bits per heavy atom. The second kappa shape index (κ2) is 13.6. The zero-order chi connectivity index (χ0) is 29.4. The molecule has 2 amide bonds. The lowest BCUT2D eigenvalue weighted by Crippen LogP contribution is -2.53. The zero-order valence-electron chi connectivity index (χ0n) is 22.8. The zero-order valence-corrected chi connectivity index (χ0v) is 24.4. The summed E-state index contributed by atoms with van der Waals surface area (Å²) in [6.45, 7) is 4.71. The van der Waals surface area contributed by atoms with Crippen LogP contribution >= 0.6 is 11.6 Å². The van der Waals surface area contributed by atoms with Crippen molar-refractivity contribution < 1.29 is 27.1 Å². The van der Waals surface area contributed by atoms with E-state index in [2.05, 4.69) is 5.32 Å². The van der Waals surface area contributed by atoms with E-state index < -0.39 is 34.3 Å². The van der Waals surface area contributed by atoms with Gasteiger partial charge in [0.05, 0.1) is 17.7 Å². The molecule has 0 heterocycles. The predicted octanol–water partition coefficient (Wildman–Crippen LogP) is 5.02. The molecule has 3 rings (SSSR count). The normalized spacial score (nSPS) is 12.1. The minimum Gasteiger partial charge on any atom is -0.497 e. The number of halogens is 2. The molecule has 1 unspecified atom stereocenters. The molecule has 0 fully saturated rings. The van der Waals surface area contributed by atoms with E-state index in [1.54, 1.807) is 31.2 Å². The SMILES string of the molecule is CCC(C(=O)NC(C)C)N(Cc1ccccc1Cl)C(=O)CN(c1ccc(F)cc1)S(=O)(=O)c1ccc(OC)cc1. The lowest BCUT2D eigenvalue weighted by atomic mass is 10.1. The number of methoxy groups -OCH3 is 1. The number of hydrogen-bond donors (Lipinski definition) is 1. The topological polar surface area (TPSA) is 96.0 Å². The van der Waals surface area contributed by atoms with E-state index in [4.69, 9.17) is 16.3 Å². The molecule has 214 valence electrons. The van der Waals surface area contributed by atoms with Crippen molar-refractivity contribution in [1.82, 2.24) is 10.2 Å². The summed E-state index contributed by atoms with van der Waals surface area (Å²) in [5.41, 5.74) is 0.683. The largest absolute Gasteiger partial charge is 0.497 e. The first kappa shape index (κ1) is 30.9. The second-order valence-electron chi connectivity index (χ2n) is 9.36. The van der Waals surface area contributed by atoms with Gasteiger partial charge in [-0.1, -0.05) is 36.7 Å². The van der Waals surface area contributed by atoms with E-state index in [-0.39, 0.29) is 35.5 Å². The molecular formula is C29H33ClFN3O5S. The van der Waals surface area contributed by atoms with Gasteiger partial charge >= 0.3 is 0 Å². The molecule has 0 aliphatic rings. The van der Waals surface area contributed by atoms with Crippen molar-refractivity contribution in [3.63, 3.8) is 0 Å². The minimum atomic E-state index is -4.29. The molecule has 0 aliphatic carbocycles. The van der Waals surface area contributed by atoms with Crippen LogP contribution < -0.4 is 14.4 Å². The van der Waals surface area contributed by atoms with Gasteiger partial charge in [-0.2, -0.15) is 0 Å². The van der Waals surface area contributed by atoms with Crippen LogP contribution in [0, 0.1) is 5.82 Å². The summed E-state index contributed by atoms with van der Waals surface area (Å²) in [5, 5.41) is 3.24. The smallest absolute Gasteiger partial charge is 0.264 e. The van der Waals surface area contributed by atoms with Crippen molar-refractivity contribution >= 4 is 39.1 Å². The fourth-order valence-corrected chi connectivity index (χ4v) is 5.73. The van der Waals surface area contributed by atoms with E-state index in [1.165, 1.54) is 48.4 Å². The Bertz CT molecular complexity index is 1420. The van der Waals surface area contributed by atoms with Crippen LogP contribution in [0.4, 0.5) is 10.1 Å². The van der Waals surface area contributed by atoms with Crippen LogP contribution in [0.3, 0.4) is 0 Å². The summed E-state index contributed by atoms with van der Waals surface area (Å²) in [6, 6.07) is 16.3. The van der Waals surface area contributed by atoms with Crippen LogP contribution in [0.25, 0.3) is 0 Å². The molecule has 0 aromatic heterocycles. The second-order valence-corrected chi connectivity index (χ2v) is 11.6. The van der Waals surface area contributed by atoms with Gasteiger partial charge in [0.25, 0.3) is 10.0 Å². The number of sulfonamides is 1. The quantitative estimate of drug-likeness (QED) is 0.320. The minimum absolute atomic E-state index is 0.0254. The molecular weight excluding hydrogens is 557 g/mol. The van der Waals surface area contributed by atoms with Crippen LogP contribution in [0.15, 0.2) is 77.7 Å². The number of carbonyl (C=O) groups excluding carboxylic acids is 2. The van der Waals surface area contributed by atoms with Gasteiger partial charge < -0.3 is 15.0 Å². The van der Waals surface area contributed by atoms with Gasteiger partial charge in [0.15, 0.2) is 0 Å². The maximum atomic E-state index is 14.0. The van der Waals surface area contributed by atoms with Gasteiger partial charge in [-0.25, -0.2) is 12.8 Å². The molecule has 8 nitrogen and oxygen atoms in total.